The smallest absolute Gasteiger partial charge is 0.241 e. The standard InChI is InChI=1S/C16H14FNO3/c1-15-7-8-16(2,21-15)12-11(15)13(19)18(14(12)20)10-5-3-9(17)4-6-10/h3-8,11-12H,1-2H3/t11-,12-,15+,16+/m1/s1. The summed E-state index contributed by atoms with van der Waals surface area (Å²) in [7, 11) is 0. The van der Waals surface area contributed by atoms with Gasteiger partial charge in [0.15, 0.2) is 0 Å². The first kappa shape index (κ1) is 12.7. The second-order valence-corrected chi connectivity index (χ2v) is 6.25. The van der Waals surface area contributed by atoms with Gasteiger partial charge in [-0.05, 0) is 38.1 Å². The zero-order valence-corrected chi connectivity index (χ0v) is 11.7. The van der Waals surface area contributed by atoms with E-state index in [1.807, 2.05) is 26.0 Å². The molecule has 2 saturated heterocycles. The lowest BCUT2D eigenvalue weighted by Crippen LogP contribution is -2.39. The summed E-state index contributed by atoms with van der Waals surface area (Å²) < 4.78 is 19.0. The molecule has 0 aliphatic carbocycles. The number of carbonyl (C=O) groups excluding carboxylic acids is 2. The third-order valence-corrected chi connectivity index (χ3v) is 4.81. The van der Waals surface area contributed by atoms with Crippen molar-refractivity contribution in [1.82, 2.24) is 0 Å². The summed E-state index contributed by atoms with van der Waals surface area (Å²) in [6.45, 7) is 3.66. The molecule has 108 valence electrons. The summed E-state index contributed by atoms with van der Waals surface area (Å²) in [5.74, 6) is -1.96. The highest BCUT2D eigenvalue weighted by Crippen LogP contribution is 2.57. The van der Waals surface area contributed by atoms with Crippen molar-refractivity contribution >= 4 is 17.5 Å². The molecule has 5 heteroatoms. The van der Waals surface area contributed by atoms with Crippen LogP contribution in [0, 0.1) is 17.7 Å². The highest BCUT2D eigenvalue weighted by atomic mass is 19.1. The Kier molecular flexibility index (Phi) is 2.18. The van der Waals surface area contributed by atoms with E-state index in [9.17, 15) is 14.0 Å². The van der Waals surface area contributed by atoms with Crippen LogP contribution in [0.15, 0.2) is 36.4 Å². The lowest BCUT2D eigenvalue weighted by atomic mass is 9.73. The Bertz CT molecular complexity index is 662. The van der Waals surface area contributed by atoms with Crippen molar-refractivity contribution in [2.24, 2.45) is 11.8 Å². The number of nitrogens with zero attached hydrogens (tertiary/aromatic N) is 1. The molecule has 21 heavy (non-hydrogen) atoms. The minimum Gasteiger partial charge on any atom is -0.359 e. The molecule has 2 fully saturated rings. The van der Waals surface area contributed by atoms with Gasteiger partial charge in [0, 0.05) is 0 Å². The Labute approximate surface area is 121 Å². The molecule has 0 aromatic heterocycles. The number of amides is 2. The Balaban J connectivity index is 1.80. The van der Waals surface area contributed by atoms with Crippen LogP contribution in [0.5, 0.6) is 0 Å². The lowest BCUT2D eigenvalue weighted by Gasteiger charge is -2.25. The van der Waals surface area contributed by atoms with Gasteiger partial charge in [-0.2, -0.15) is 0 Å². The van der Waals surface area contributed by atoms with Crippen LogP contribution in [-0.4, -0.2) is 23.0 Å². The maximum atomic E-state index is 13.0. The van der Waals surface area contributed by atoms with E-state index in [0.29, 0.717) is 5.69 Å². The molecular weight excluding hydrogens is 273 g/mol. The number of benzene rings is 1. The fourth-order valence-corrected chi connectivity index (χ4v) is 3.88. The SMILES string of the molecule is C[C@@]12C=C[C@](C)(O1)[C@H]1C(=O)N(c3ccc(F)cc3)C(=O)[C@@H]12. The van der Waals surface area contributed by atoms with Gasteiger partial charge in [0.05, 0.1) is 28.7 Å². The lowest BCUT2D eigenvalue weighted by molar-refractivity contribution is -0.128. The Hall–Kier alpha value is -2.01. The van der Waals surface area contributed by atoms with E-state index in [2.05, 4.69) is 0 Å². The first-order valence-electron chi connectivity index (χ1n) is 6.90. The molecule has 0 saturated carbocycles. The van der Waals surface area contributed by atoms with E-state index < -0.39 is 28.9 Å². The molecule has 2 amide bonds. The van der Waals surface area contributed by atoms with Crippen molar-refractivity contribution in [2.75, 3.05) is 4.90 Å². The second kappa shape index (κ2) is 3.60. The van der Waals surface area contributed by atoms with Crippen LogP contribution in [-0.2, 0) is 14.3 Å². The zero-order valence-electron chi connectivity index (χ0n) is 11.7. The van der Waals surface area contributed by atoms with E-state index in [4.69, 9.17) is 4.74 Å². The van der Waals surface area contributed by atoms with Gasteiger partial charge >= 0.3 is 0 Å². The van der Waals surface area contributed by atoms with Crippen LogP contribution >= 0.6 is 0 Å². The van der Waals surface area contributed by atoms with Crippen molar-refractivity contribution in [2.45, 2.75) is 25.0 Å². The summed E-state index contributed by atoms with van der Waals surface area (Å²) in [6, 6.07) is 5.40. The van der Waals surface area contributed by atoms with Crippen molar-refractivity contribution in [3.8, 4) is 0 Å². The van der Waals surface area contributed by atoms with E-state index in [0.717, 1.165) is 0 Å². The quantitative estimate of drug-likeness (QED) is 0.586. The summed E-state index contributed by atoms with van der Waals surface area (Å²) >= 11 is 0. The molecule has 4 nitrogen and oxygen atoms in total. The maximum Gasteiger partial charge on any atom is 0.241 e. The minimum atomic E-state index is -0.735. The number of carbonyl (C=O) groups is 2. The predicted molar refractivity (Wildman–Crippen MR) is 72.9 cm³/mol. The summed E-state index contributed by atoms with van der Waals surface area (Å²) in [4.78, 5) is 26.6. The van der Waals surface area contributed by atoms with E-state index in [-0.39, 0.29) is 11.8 Å². The third-order valence-electron chi connectivity index (χ3n) is 4.81. The first-order valence-corrected chi connectivity index (χ1v) is 6.90. The summed E-state index contributed by atoms with van der Waals surface area (Å²) in [5.41, 5.74) is -1.06. The molecule has 1 aromatic carbocycles. The topological polar surface area (TPSA) is 46.6 Å². The monoisotopic (exact) mass is 287 g/mol. The molecule has 4 rings (SSSR count). The fraction of sp³-hybridized carbons (Fsp3) is 0.375. The molecule has 0 spiro atoms. The first-order chi connectivity index (χ1) is 9.86. The van der Waals surface area contributed by atoms with Crippen molar-refractivity contribution in [3.05, 3.63) is 42.2 Å². The van der Waals surface area contributed by atoms with Crippen LogP contribution in [0.3, 0.4) is 0 Å². The number of halogens is 1. The van der Waals surface area contributed by atoms with Gasteiger partial charge in [-0.15, -0.1) is 0 Å². The predicted octanol–water partition coefficient (Wildman–Crippen LogP) is 2.05. The van der Waals surface area contributed by atoms with Crippen LogP contribution in [0.1, 0.15) is 13.8 Å². The largest absolute Gasteiger partial charge is 0.359 e. The number of rotatable bonds is 1. The molecule has 4 atom stereocenters. The molecule has 3 aliphatic rings. The van der Waals surface area contributed by atoms with Gasteiger partial charge in [-0.1, -0.05) is 12.2 Å². The number of anilines is 1. The van der Waals surface area contributed by atoms with Crippen LogP contribution in [0.25, 0.3) is 0 Å². The van der Waals surface area contributed by atoms with Crippen LogP contribution in [0.4, 0.5) is 10.1 Å². The van der Waals surface area contributed by atoms with Crippen molar-refractivity contribution in [1.29, 1.82) is 0 Å². The Morgan fingerprint density at radius 3 is 1.95 bits per heavy atom. The summed E-state index contributed by atoms with van der Waals surface area (Å²) in [5, 5.41) is 0. The highest BCUT2D eigenvalue weighted by molar-refractivity contribution is 6.23. The average Bonchev–Trinajstić information content (AvgIpc) is 2.97. The van der Waals surface area contributed by atoms with E-state index in [1.54, 1.807) is 0 Å². The summed E-state index contributed by atoms with van der Waals surface area (Å²) in [6.07, 6.45) is 3.74. The molecular formula is C16H14FNO3. The van der Waals surface area contributed by atoms with E-state index in [1.165, 1.54) is 29.2 Å². The van der Waals surface area contributed by atoms with Gasteiger partial charge in [-0.3, -0.25) is 9.59 Å². The van der Waals surface area contributed by atoms with Gasteiger partial charge < -0.3 is 4.74 Å². The van der Waals surface area contributed by atoms with Gasteiger partial charge in [0.1, 0.15) is 5.82 Å². The molecule has 3 aliphatic heterocycles. The van der Waals surface area contributed by atoms with Crippen molar-refractivity contribution < 1.29 is 18.7 Å². The average molecular weight is 287 g/mol. The number of hydrogen-bond donors (Lipinski definition) is 0. The fourth-order valence-electron chi connectivity index (χ4n) is 3.88. The second-order valence-electron chi connectivity index (χ2n) is 6.25. The van der Waals surface area contributed by atoms with Gasteiger partial charge in [-0.25, -0.2) is 9.29 Å². The highest BCUT2D eigenvalue weighted by Gasteiger charge is 2.70. The van der Waals surface area contributed by atoms with E-state index >= 15 is 0 Å². The normalized spacial score (nSPS) is 40.2. The number of imide groups is 1. The molecule has 0 radical (unpaired) electrons. The van der Waals surface area contributed by atoms with Crippen LogP contribution in [0.2, 0.25) is 0 Å². The number of hydrogen-bond acceptors (Lipinski definition) is 3. The molecule has 2 bridgehead atoms. The maximum absolute atomic E-state index is 13.0. The number of ether oxygens (including phenoxy) is 1. The minimum absolute atomic E-state index is 0.271. The van der Waals surface area contributed by atoms with Crippen LogP contribution < -0.4 is 4.90 Å². The Morgan fingerprint density at radius 1 is 1.00 bits per heavy atom. The number of fused-ring (bicyclic) bond motifs is 5. The molecule has 0 unspecified atom stereocenters. The third kappa shape index (κ3) is 1.42. The van der Waals surface area contributed by atoms with Gasteiger partial charge in [0.2, 0.25) is 11.8 Å². The zero-order chi connectivity index (χ0) is 15.0. The molecule has 1 aromatic rings. The molecule has 0 N–H and O–H groups in total. The van der Waals surface area contributed by atoms with Crippen molar-refractivity contribution in [3.63, 3.8) is 0 Å². The Morgan fingerprint density at radius 2 is 1.48 bits per heavy atom. The molecule has 3 heterocycles. The van der Waals surface area contributed by atoms with Gasteiger partial charge in [0.25, 0.3) is 0 Å².